The lowest BCUT2D eigenvalue weighted by atomic mass is 10.0. The molecule has 0 aliphatic carbocycles. The van der Waals surface area contributed by atoms with E-state index in [9.17, 15) is 9.90 Å². The highest BCUT2D eigenvalue weighted by Gasteiger charge is 2.33. The van der Waals surface area contributed by atoms with Gasteiger partial charge in [-0.25, -0.2) is 0 Å². The minimum absolute atomic E-state index is 0.0188. The Bertz CT molecular complexity index is 232. The van der Waals surface area contributed by atoms with Crippen LogP contribution in [0.5, 0.6) is 0 Å². The monoisotopic (exact) mass is 229 g/mol. The number of likely N-dealkylation sites (tertiary alicyclic amines) is 1. The average molecular weight is 229 g/mol. The molecule has 0 aromatic heterocycles. The van der Waals surface area contributed by atoms with E-state index in [0.717, 1.165) is 19.4 Å². The number of hydrogen-bond acceptors (Lipinski definition) is 3. The van der Waals surface area contributed by atoms with Crippen molar-refractivity contribution in [3.05, 3.63) is 0 Å². The van der Waals surface area contributed by atoms with Crippen LogP contribution >= 0.6 is 0 Å². The number of methoxy groups -OCH3 is 1. The van der Waals surface area contributed by atoms with Crippen LogP contribution in [0.3, 0.4) is 0 Å². The minimum atomic E-state index is 0.0188. The largest absolute Gasteiger partial charge is 0.394 e. The van der Waals surface area contributed by atoms with E-state index < -0.39 is 0 Å². The van der Waals surface area contributed by atoms with Gasteiger partial charge in [0.1, 0.15) is 0 Å². The molecule has 4 nitrogen and oxygen atoms in total. The van der Waals surface area contributed by atoms with Crippen molar-refractivity contribution in [1.82, 2.24) is 4.90 Å². The lowest BCUT2D eigenvalue weighted by Crippen LogP contribution is -2.40. The Morgan fingerprint density at radius 3 is 2.88 bits per heavy atom. The molecular formula is C12H23NO3. The molecule has 1 rings (SSSR count). The maximum Gasteiger partial charge on any atom is 0.223 e. The molecule has 1 fully saturated rings. The van der Waals surface area contributed by atoms with Crippen molar-refractivity contribution in [2.75, 3.05) is 20.3 Å². The van der Waals surface area contributed by atoms with Crippen LogP contribution in [-0.4, -0.2) is 48.3 Å². The van der Waals surface area contributed by atoms with Gasteiger partial charge in [0.05, 0.1) is 18.8 Å². The third kappa shape index (κ3) is 3.19. The van der Waals surface area contributed by atoms with Crippen LogP contribution in [0.2, 0.25) is 0 Å². The number of ether oxygens (including phenoxy) is 1. The minimum Gasteiger partial charge on any atom is -0.394 e. The van der Waals surface area contributed by atoms with Crippen molar-refractivity contribution in [3.8, 4) is 0 Å². The van der Waals surface area contributed by atoms with Gasteiger partial charge in [0.2, 0.25) is 5.91 Å². The van der Waals surface area contributed by atoms with Gasteiger partial charge in [0.25, 0.3) is 0 Å². The van der Waals surface area contributed by atoms with Gasteiger partial charge in [-0.15, -0.1) is 0 Å². The predicted molar refractivity (Wildman–Crippen MR) is 62.1 cm³/mol. The first-order valence-corrected chi connectivity index (χ1v) is 6.03. The Hall–Kier alpha value is -0.610. The molecule has 0 aromatic rings. The van der Waals surface area contributed by atoms with E-state index >= 15 is 0 Å². The number of aliphatic hydroxyl groups is 1. The highest BCUT2D eigenvalue weighted by molar-refractivity contribution is 5.76. The number of aliphatic hydroxyl groups excluding tert-OH is 1. The summed E-state index contributed by atoms with van der Waals surface area (Å²) >= 11 is 0. The lowest BCUT2D eigenvalue weighted by molar-refractivity contribution is -0.133. The highest BCUT2D eigenvalue weighted by Crippen LogP contribution is 2.24. The molecule has 1 amide bonds. The molecule has 0 aromatic carbocycles. The number of nitrogens with zero attached hydrogens (tertiary/aromatic N) is 1. The van der Waals surface area contributed by atoms with E-state index in [0.29, 0.717) is 12.3 Å². The molecule has 4 heteroatoms. The van der Waals surface area contributed by atoms with Gasteiger partial charge in [-0.05, 0) is 25.7 Å². The standard InChI is InChI=1S/C12H23NO3/c1-9-6-7-13(11(9)8-14)12(15)5-4-10(2)16-3/h9-11,14H,4-8H2,1-3H3. The summed E-state index contributed by atoms with van der Waals surface area (Å²) in [6.45, 7) is 4.91. The summed E-state index contributed by atoms with van der Waals surface area (Å²) in [4.78, 5) is 13.8. The van der Waals surface area contributed by atoms with E-state index in [-0.39, 0.29) is 24.7 Å². The van der Waals surface area contributed by atoms with Gasteiger partial charge in [-0.2, -0.15) is 0 Å². The molecule has 1 N–H and O–H groups in total. The van der Waals surface area contributed by atoms with Crippen molar-refractivity contribution in [2.24, 2.45) is 5.92 Å². The van der Waals surface area contributed by atoms with Crippen LogP contribution in [0.25, 0.3) is 0 Å². The van der Waals surface area contributed by atoms with Gasteiger partial charge in [0, 0.05) is 20.1 Å². The molecule has 1 aliphatic rings. The lowest BCUT2D eigenvalue weighted by Gasteiger charge is -2.25. The molecule has 0 radical (unpaired) electrons. The Morgan fingerprint density at radius 2 is 2.31 bits per heavy atom. The number of hydrogen-bond donors (Lipinski definition) is 1. The van der Waals surface area contributed by atoms with Gasteiger partial charge in [-0.3, -0.25) is 4.79 Å². The maximum atomic E-state index is 11.9. The molecule has 0 bridgehead atoms. The normalized spacial score (nSPS) is 27.1. The molecule has 3 unspecified atom stereocenters. The molecule has 16 heavy (non-hydrogen) atoms. The Balaban J connectivity index is 2.41. The van der Waals surface area contributed by atoms with Gasteiger partial charge >= 0.3 is 0 Å². The average Bonchev–Trinajstić information content (AvgIpc) is 2.66. The molecule has 1 saturated heterocycles. The van der Waals surface area contributed by atoms with Crippen molar-refractivity contribution >= 4 is 5.91 Å². The fourth-order valence-corrected chi connectivity index (χ4v) is 2.18. The van der Waals surface area contributed by atoms with Crippen molar-refractivity contribution in [3.63, 3.8) is 0 Å². The third-order valence-corrected chi connectivity index (χ3v) is 3.56. The van der Waals surface area contributed by atoms with E-state index in [1.54, 1.807) is 7.11 Å². The van der Waals surface area contributed by atoms with Crippen LogP contribution in [0.1, 0.15) is 33.1 Å². The summed E-state index contributed by atoms with van der Waals surface area (Å²) in [5, 5.41) is 9.26. The molecule has 94 valence electrons. The Labute approximate surface area is 97.6 Å². The van der Waals surface area contributed by atoms with Crippen LogP contribution in [0.4, 0.5) is 0 Å². The van der Waals surface area contributed by atoms with Gasteiger partial charge < -0.3 is 14.7 Å². The summed E-state index contributed by atoms with van der Waals surface area (Å²) in [5.41, 5.74) is 0. The zero-order chi connectivity index (χ0) is 12.1. The van der Waals surface area contributed by atoms with Gasteiger partial charge in [-0.1, -0.05) is 6.92 Å². The zero-order valence-electron chi connectivity index (χ0n) is 10.5. The smallest absolute Gasteiger partial charge is 0.223 e. The Morgan fingerprint density at radius 1 is 1.62 bits per heavy atom. The summed E-state index contributed by atoms with van der Waals surface area (Å²) in [6, 6.07) is 0.0188. The van der Waals surface area contributed by atoms with Crippen molar-refractivity contribution in [1.29, 1.82) is 0 Å². The summed E-state index contributed by atoms with van der Waals surface area (Å²) < 4.78 is 5.12. The van der Waals surface area contributed by atoms with Crippen LogP contribution < -0.4 is 0 Å². The van der Waals surface area contributed by atoms with Gasteiger partial charge in [0.15, 0.2) is 0 Å². The fraction of sp³-hybridized carbons (Fsp3) is 0.917. The first-order valence-electron chi connectivity index (χ1n) is 6.03. The fourth-order valence-electron chi connectivity index (χ4n) is 2.18. The highest BCUT2D eigenvalue weighted by atomic mass is 16.5. The second kappa shape index (κ2) is 6.21. The predicted octanol–water partition coefficient (Wildman–Crippen LogP) is 1.03. The quantitative estimate of drug-likeness (QED) is 0.766. The third-order valence-electron chi connectivity index (χ3n) is 3.56. The molecule has 1 aliphatic heterocycles. The Kier molecular flexibility index (Phi) is 5.22. The van der Waals surface area contributed by atoms with E-state index in [4.69, 9.17) is 4.74 Å². The number of carbonyl (C=O) groups excluding carboxylic acids is 1. The van der Waals surface area contributed by atoms with Crippen molar-refractivity contribution in [2.45, 2.75) is 45.3 Å². The van der Waals surface area contributed by atoms with E-state index in [1.807, 2.05) is 11.8 Å². The summed E-state index contributed by atoms with van der Waals surface area (Å²) in [6.07, 6.45) is 2.38. The number of amides is 1. The first-order chi connectivity index (χ1) is 7.60. The molecule has 3 atom stereocenters. The maximum absolute atomic E-state index is 11.9. The SMILES string of the molecule is COC(C)CCC(=O)N1CCC(C)C1CO. The van der Waals surface area contributed by atoms with Crippen LogP contribution in [0.15, 0.2) is 0 Å². The number of carbonyl (C=O) groups is 1. The topological polar surface area (TPSA) is 49.8 Å². The van der Waals surface area contributed by atoms with Crippen molar-refractivity contribution < 1.29 is 14.6 Å². The molecule has 0 saturated carbocycles. The van der Waals surface area contributed by atoms with Crippen LogP contribution in [0, 0.1) is 5.92 Å². The van der Waals surface area contributed by atoms with E-state index in [2.05, 4.69) is 6.92 Å². The molecule has 1 heterocycles. The summed E-state index contributed by atoms with van der Waals surface area (Å²) in [5.74, 6) is 0.557. The van der Waals surface area contributed by atoms with Crippen LogP contribution in [-0.2, 0) is 9.53 Å². The second-order valence-corrected chi connectivity index (χ2v) is 4.69. The molecule has 0 spiro atoms. The number of rotatable bonds is 5. The first kappa shape index (κ1) is 13.5. The zero-order valence-corrected chi connectivity index (χ0v) is 10.5. The second-order valence-electron chi connectivity index (χ2n) is 4.69. The summed E-state index contributed by atoms with van der Waals surface area (Å²) in [7, 11) is 1.66. The van der Waals surface area contributed by atoms with E-state index in [1.165, 1.54) is 0 Å². The molecular weight excluding hydrogens is 206 g/mol.